The Morgan fingerprint density at radius 1 is 0.258 bits per heavy atom. The molecule has 0 aliphatic carbocycles. The third-order valence-corrected chi connectivity index (χ3v) is 12.8. The van der Waals surface area contributed by atoms with Gasteiger partial charge in [-0.1, -0.05) is 121 Å². The van der Waals surface area contributed by atoms with Crippen molar-refractivity contribution >= 4 is 65.4 Å². The Morgan fingerprint density at radius 2 is 0.742 bits per heavy atom. The highest BCUT2D eigenvalue weighted by Gasteiger charge is 2.20. The van der Waals surface area contributed by atoms with Crippen LogP contribution in [0.5, 0.6) is 0 Å². The molecule has 0 saturated carbocycles. The molecule has 0 fully saturated rings. The van der Waals surface area contributed by atoms with Gasteiger partial charge in [0.25, 0.3) is 0 Å². The standard InChI is InChI=1S/C58H38N4/c1-3-16-43(17-4-1)59-35-33-42-37-45(30-31-51(42)59)61-52-24-9-7-20-49(52)57-47(22-12-26-54(57)61)40-14-11-15-41(36-40)48-23-13-27-55-58(48)50-21-8-10-25-53(50)62(55)46-29-28-39-32-34-60(56(39)38-46)44-18-5-2-6-19-44/h1-38H. The molecule has 0 saturated heterocycles. The van der Waals surface area contributed by atoms with E-state index in [-0.39, 0.29) is 0 Å². The van der Waals surface area contributed by atoms with Crippen LogP contribution < -0.4 is 0 Å². The second kappa shape index (κ2) is 13.6. The predicted molar refractivity (Wildman–Crippen MR) is 260 cm³/mol. The first-order valence-corrected chi connectivity index (χ1v) is 21.3. The van der Waals surface area contributed by atoms with Crippen LogP contribution in [0.3, 0.4) is 0 Å². The van der Waals surface area contributed by atoms with Crippen molar-refractivity contribution in [2.24, 2.45) is 0 Å². The molecule has 4 heteroatoms. The molecule has 0 aliphatic heterocycles. The monoisotopic (exact) mass is 790 g/mol. The molecule has 290 valence electrons. The van der Waals surface area contributed by atoms with Crippen LogP contribution >= 0.6 is 0 Å². The van der Waals surface area contributed by atoms with Crippen LogP contribution in [-0.2, 0) is 0 Å². The van der Waals surface area contributed by atoms with Crippen LogP contribution in [0.4, 0.5) is 0 Å². The minimum Gasteiger partial charge on any atom is -0.317 e. The van der Waals surface area contributed by atoms with E-state index in [1.54, 1.807) is 0 Å². The van der Waals surface area contributed by atoms with E-state index in [1.165, 1.54) is 87.7 Å². The Bertz CT molecular complexity index is 3860. The number of fused-ring (bicyclic) bond motifs is 8. The van der Waals surface area contributed by atoms with Gasteiger partial charge in [-0.15, -0.1) is 0 Å². The van der Waals surface area contributed by atoms with Crippen molar-refractivity contribution in [1.29, 1.82) is 0 Å². The fourth-order valence-corrected chi connectivity index (χ4v) is 10.1. The molecule has 9 aromatic carbocycles. The topological polar surface area (TPSA) is 19.7 Å². The highest BCUT2D eigenvalue weighted by molar-refractivity contribution is 6.18. The lowest BCUT2D eigenvalue weighted by molar-refractivity contribution is 1.12. The Labute approximate surface area is 358 Å². The van der Waals surface area contributed by atoms with Crippen molar-refractivity contribution in [1.82, 2.24) is 18.3 Å². The fourth-order valence-electron chi connectivity index (χ4n) is 10.1. The normalized spacial score (nSPS) is 11.9. The summed E-state index contributed by atoms with van der Waals surface area (Å²) in [6, 6.07) is 79.6. The van der Waals surface area contributed by atoms with Crippen molar-refractivity contribution < 1.29 is 0 Å². The molecule has 0 bridgehead atoms. The van der Waals surface area contributed by atoms with Gasteiger partial charge in [0.2, 0.25) is 0 Å². The molecule has 4 heterocycles. The third kappa shape index (κ3) is 5.20. The van der Waals surface area contributed by atoms with E-state index in [0.29, 0.717) is 0 Å². The Balaban J connectivity index is 0.962. The molecule has 0 unspecified atom stereocenters. The van der Waals surface area contributed by atoms with Gasteiger partial charge in [0.15, 0.2) is 0 Å². The number of hydrogen-bond acceptors (Lipinski definition) is 0. The molecule has 0 atom stereocenters. The minimum atomic E-state index is 1.14. The molecular weight excluding hydrogens is 753 g/mol. The summed E-state index contributed by atoms with van der Waals surface area (Å²) in [4.78, 5) is 0. The highest BCUT2D eigenvalue weighted by Crippen LogP contribution is 2.43. The number of aromatic nitrogens is 4. The van der Waals surface area contributed by atoms with Gasteiger partial charge in [0.05, 0.1) is 33.1 Å². The van der Waals surface area contributed by atoms with Crippen LogP contribution in [0.2, 0.25) is 0 Å². The summed E-state index contributed by atoms with van der Waals surface area (Å²) in [5.74, 6) is 0. The maximum Gasteiger partial charge on any atom is 0.0549 e. The molecule has 4 nitrogen and oxygen atoms in total. The summed E-state index contributed by atoms with van der Waals surface area (Å²) in [6.45, 7) is 0. The summed E-state index contributed by atoms with van der Waals surface area (Å²) in [7, 11) is 0. The summed E-state index contributed by atoms with van der Waals surface area (Å²) in [6.07, 6.45) is 4.34. The second-order valence-corrected chi connectivity index (χ2v) is 16.2. The number of para-hydroxylation sites is 4. The van der Waals surface area contributed by atoms with Crippen LogP contribution in [0, 0.1) is 0 Å². The molecule has 0 N–H and O–H groups in total. The molecule has 0 amide bonds. The second-order valence-electron chi connectivity index (χ2n) is 16.2. The van der Waals surface area contributed by atoms with Gasteiger partial charge < -0.3 is 18.3 Å². The van der Waals surface area contributed by atoms with Gasteiger partial charge in [-0.25, -0.2) is 0 Å². The molecule has 4 aromatic heterocycles. The molecule has 0 spiro atoms. The lowest BCUT2D eigenvalue weighted by atomic mass is 9.94. The average molecular weight is 791 g/mol. The Morgan fingerprint density at radius 3 is 1.35 bits per heavy atom. The van der Waals surface area contributed by atoms with Crippen LogP contribution in [-0.4, -0.2) is 18.3 Å². The summed E-state index contributed by atoms with van der Waals surface area (Å²) in [5, 5.41) is 7.42. The largest absolute Gasteiger partial charge is 0.317 e. The van der Waals surface area contributed by atoms with Crippen LogP contribution in [0.25, 0.3) is 110 Å². The SMILES string of the molecule is c1ccc(-n2ccc3cc(-n4c5ccccc5c5c(-c6cccc(-c7cccc8c7c7ccccc7n8-c7ccc8ccn(-c9ccccc9)c8c7)c6)cccc54)ccc32)cc1. The molecule has 62 heavy (non-hydrogen) atoms. The van der Waals surface area contributed by atoms with E-state index in [1.807, 2.05) is 0 Å². The van der Waals surface area contributed by atoms with Gasteiger partial charge in [-0.05, 0) is 119 Å². The number of nitrogens with zero attached hydrogens (tertiary/aromatic N) is 4. The minimum absolute atomic E-state index is 1.14. The molecule has 13 aromatic rings. The first-order chi connectivity index (χ1) is 30.8. The van der Waals surface area contributed by atoms with Gasteiger partial charge >= 0.3 is 0 Å². The number of benzene rings is 9. The van der Waals surface area contributed by atoms with Crippen LogP contribution in [0.15, 0.2) is 231 Å². The van der Waals surface area contributed by atoms with Crippen molar-refractivity contribution in [3.8, 4) is 45.0 Å². The van der Waals surface area contributed by atoms with Crippen molar-refractivity contribution in [2.45, 2.75) is 0 Å². The molecule has 0 radical (unpaired) electrons. The van der Waals surface area contributed by atoms with Crippen molar-refractivity contribution in [3.63, 3.8) is 0 Å². The van der Waals surface area contributed by atoms with Crippen molar-refractivity contribution in [2.75, 3.05) is 0 Å². The maximum absolute atomic E-state index is 2.43. The van der Waals surface area contributed by atoms with E-state index in [9.17, 15) is 0 Å². The van der Waals surface area contributed by atoms with Gasteiger partial charge in [-0.3, -0.25) is 0 Å². The molecule has 0 aliphatic rings. The van der Waals surface area contributed by atoms with E-state index < -0.39 is 0 Å². The Hall–Kier alpha value is -8.34. The fraction of sp³-hybridized carbons (Fsp3) is 0. The quantitative estimate of drug-likeness (QED) is 0.160. The van der Waals surface area contributed by atoms with Gasteiger partial charge in [-0.2, -0.15) is 0 Å². The van der Waals surface area contributed by atoms with E-state index in [0.717, 1.165) is 22.7 Å². The summed E-state index contributed by atoms with van der Waals surface area (Å²) < 4.78 is 9.41. The van der Waals surface area contributed by atoms with Gasteiger partial charge in [0, 0.05) is 67.5 Å². The first-order valence-electron chi connectivity index (χ1n) is 21.3. The number of rotatable bonds is 6. The molecular formula is C58H38N4. The summed E-state index contributed by atoms with van der Waals surface area (Å²) in [5.41, 5.74) is 16.6. The lowest BCUT2D eigenvalue weighted by Gasteiger charge is -2.12. The zero-order chi connectivity index (χ0) is 40.7. The smallest absolute Gasteiger partial charge is 0.0549 e. The zero-order valence-corrected chi connectivity index (χ0v) is 33.7. The first kappa shape index (κ1) is 34.5. The van der Waals surface area contributed by atoms with Gasteiger partial charge in [0.1, 0.15) is 0 Å². The van der Waals surface area contributed by atoms with Crippen LogP contribution in [0.1, 0.15) is 0 Å². The van der Waals surface area contributed by atoms with E-state index >= 15 is 0 Å². The lowest BCUT2D eigenvalue weighted by Crippen LogP contribution is -1.96. The van der Waals surface area contributed by atoms with E-state index in [4.69, 9.17) is 0 Å². The summed E-state index contributed by atoms with van der Waals surface area (Å²) >= 11 is 0. The highest BCUT2D eigenvalue weighted by atomic mass is 15.0. The zero-order valence-electron chi connectivity index (χ0n) is 33.7. The predicted octanol–water partition coefficient (Wildman–Crippen LogP) is 15.1. The number of hydrogen-bond donors (Lipinski definition) is 0. The average Bonchev–Trinajstić information content (AvgIpc) is 4.12. The third-order valence-electron chi connectivity index (χ3n) is 12.8. The van der Waals surface area contributed by atoms with E-state index in [2.05, 4.69) is 249 Å². The Kier molecular flexibility index (Phi) is 7.57. The van der Waals surface area contributed by atoms with Crippen molar-refractivity contribution in [3.05, 3.63) is 231 Å². The maximum atomic E-state index is 2.43. The molecule has 13 rings (SSSR count).